The van der Waals surface area contributed by atoms with Crippen LogP contribution in [0.25, 0.3) is 11.0 Å². The lowest BCUT2D eigenvalue weighted by Crippen LogP contribution is -2.33. The number of nitrogens with zero attached hydrogens (tertiary/aromatic N) is 2. The Hall–Kier alpha value is -1.97. The molecule has 0 radical (unpaired) electrons. The van der Waals surface area contributed by atoms with Crippen molar-refractivity contribution >= 4 is 16.9 Å². The molecule has 3 rings (SSSR count). The van der Waals surface area contributed by atoms with Crippen LogP contribution in [0, 0.1) is 5.92 Å². The lowest BCUT2D eigenvalue weighted by molar-refractivity contribution is 0.0932. The number of fused-ring (bicyclic) bond motifs is 1. The molecule has 1 fully saturated rings. The monoisotopic (exact) mass is 255 g/mol. The number of benzene rings is 1. The summed E-state index contributed by atoms with van der Waals surface area (Å²) in [6.07, 6.45) is 4.87. The molecule has 0 spiro atoms. The first-order valence-electron chi connectivity index (χ1n) is 6.75. The van der Waals surface area contributed by atoms with Gasteiger partial charge in [0.2, 0.25) is 0 Å². The van der Waals surface area contributed by atoms with Gasteiger partial charge in [-0.1, -0.05) is 19.1 Å². The largest absolute Gasteiger partial charge is 0.348 e. The first-order valence-corrected chi connectivity index (χ1v) is 6.75. The maximum atomic E-state index is 12.1. The van der Waals surface area contributed by atoms with Crippen molar-refractivity contribution in [1.29, 1.82) is 0 Å². The zero-order chi connectivity index (χ0) is 13.2. The highest BCUT2D eigenvalue weighted by Gasteiger charge is 2.23. The van der Waals surface area contributed by atoms with Crippen molar-refractivity contribution in [2.75, 3.05) is 0 Å². The van der Waals surface area contributed by atoms with E-state index >= 15 is 0 Å². The molecule has 4 nitrogen and oxygen atoms in total. The number of carbonyl (C=O) groups is 1. The topological polar surface area (TPSA) is 54.9 Å². The first kappa shape index (κ1) is 12.1. The molecule has 1 saturated carbocycles. The maximum Gasteiger partial charge on any atom is 0.271 e. The highest BCUT2D eigenvalue weighted by molar-refractivity contribution is 5.93. The third kappa shape index (κ3) is 2.57. The van der Waals surface area contributed by atoms with E-state index in [9.17, 15) is 4.79 Å². The van der Waals surface area contributed by atoms with E-state index in [1.165, 1.54) is 6.42 Å². The van der Waals surface area contributed by atoms with Gasteiger partial charge < -0.3 is 5.32 Å². The third-order valence-electron chi connectivity index (χ3n) is 3.71. The molecule has 0 saturated heterocycles. The molecule has 98 valence electrons. The number of hydrogen-bond donors (Lipinski definition) is 1. The summed E-state index contributed by atoms with van der Waals surface area (Å²) in [7, 11) is 0. The van der Waals surface area contributed by atoms with Crippen LogP contribution in [0.1, 0.15) is 36.7 Å². The average Bonchev–Trinajstić information content (AvgIpc) is 2.83. The Balaban J connectivity index is 1.77. The Morgan fingerprint density at radius 2 is 2.05 bits per heavy atom. The molecule has 1 aliphatic rings. The van der Waals surface area contributed by atoms with Crippen molar-refractivity contribution in [1.82, 2.24) is 15.3 Å². The van der Waals surface area contributed by atoms with Gasteiger partial charge in [0.25, 0.3) is 5.91 Å². The van der Waals surface area contributed by atoms with E-state index in [4.69, 9.17) is 0 Å². The second-order valence-electron chi connectivity index (χ2n) is 5.33. The van der Waals surface area contributed by atoms with Crippen molar-refractivity contribution in [2.24, 2.45) is 5.92 Å². The van der Waals surface area contributed by atoms with E-state index in [1.54, 1.807) is 6.20 Å². The van der Waals surface area contributed by atoms with Crippen LogP contribution in [0.15, 0.2) is 30.5 Å². The lowest BCUT2D eigenvalue weighted by atomic mass is 10.1. The Labute approximate surface area is 112 Å². The van der Waals surface area contributed by atoms with Crippen LogP contribution >= 0.6 is 0 Å². The molecule has 1 aliphatic carbocycles. The van der Waals surface area contributed by atoms with Gasteiger partial charge >= 0.3 is 0 Å². The van der Waals surface area contributed by atoms with Crippen LogP contribution in [-0.4, -0.2) is 21.9 Å². The molecule has 1 heterocycles. The second kappa shape index (κ2) is 4.96. The average molecular weight is 255 g/mol. The summed E-state index contributed by atoms with van der Waals surface area (Å²) in [6.45, 7) is 2.22. The first-order chi connectivity index (χ1) is 9.22. The summed E-state index contributed by atoms with van der Waals surface area (Å²) in [5.74, 6) is 0.588. The molecule has 0 bridgehead atoms. The van der Waals surface area contributed by atoms with Crippen molar-refractivity contribution in [3.05, 3.63) is 36.2 Å². The molecule has 1 N–H and O–H groups in total. The van der Waals surface area contributed by atoms with E-state index in [0.717, 1.165) is 23.9 Å². The van der Waals surface area contributed by atoms with Crippen molar-refractivity contribution < 1.29 is 4.79 Å². The zero-order valence-corrected chi connectivity index (χ0v) is 11.0. The van der Waals surface area contributed by atoms with Crippen LogP contribution in [0.3, 0.4) is 0 Å². The number of nitrogens with one attached hydrogen (secondary N) is 1. The molecule has 4 heteroatoms. The summed E-state index contributed by atoms with van der Waals surface area (Å²) in [6, 6.07) is 7.86. The number of rotatable bonds is 2. The maximum absolute atomic E-state index is 12.1. The van der Waals surface area contributed by atoms with Crippen LogP contribution < -0.4 is 5.32 Å². The molecule has 0 aliphatic heterocycles. The van der Waals surface area contributed by atoms with Gasteiger partial charge in [-0.05, 0) is 37.3 Å². The summed E-state index contributed by atoms with van der Waals surface area (Å²) in [5, 5.41) is 3.05. The van der Waals surface area contributed by atoms with E-state index in [0.29, 0.717) is 11.6 Å². The zero-order valence-electron chi connectivity index (χ0n) is 11.0. The SMILES string of the molecule is CC1CCC(NC(=O)c2cnc3ccccc3n2)C1. The van der Waals surface area contributed by atoms with Gasteiger partial charge in [0, 0.05) is 6.04 Å². The quantitative estimate of drug-likeness (QED) is 0.897. The normalized spacial score (nSPS) is 22.6. The highest BCUT2D eigenvalue weighted by Crippen LogP contribution is 2.24. The Morgan fingerprint density at radius 1 is 1.26 bits per heavy atom. The lowest BCUT2D eigenvalue weighted by Gasteiger charge is -2.11. The minimum absolute atomic E-state index is 0.114. The fourth-order valence-corrected chi connectivity index (χ4v) is 2.66. The predicted octanol–water partition coefficient (Wildman–Crippen LogP) is 2.55. The smallest absolute Gasteiger partial charge is 0.271 e. The molecule has 2 atom stereocenters. The molecule has 1 aromatic heterocycles. The highest BCUT2D eigenvalue weighted by atomic mass is 16.1. The summed E-state index contributed by atoms with van der Waals surface area (Å²) >= 11 is 0. The minimum Gasteiger partial charge on any atom is -0.348 e. The minimum atomic E-state index is -0.114. The van der Waals surface area contributed by atoms with Crippen LogP contribution in [0.5, 0.6) is 0 Å². The van der Waals surface area contributed by atoms with E-state index in [-0.39, 0.29) is 11.9 Å². The molecule has 2 unspecified atom stereocenters. The van der Waals surface area contributed by atoms with Gasteiger partial charge in [0.15, 0.2) is 0 Å². The van der Waals surface area contributed by atoms with Gasteiger partial charge in [0.1, 0.15) is 5.69 Å². The molecule has 1 amide bonds. The number of para-hydroxylation sites is 2. The van der Waals surface area contributed by atoms with Gasteiger partial charge in [0.05, 0.1) is 17.2 Å². The number of aromatic nitrogens is 2. The van der Waals surface area contributed by atoms with E-state index in [1.807, 2.05) is 24.3 Å². The van der Waals surface area contributed by atoms with Crippen molar-refractivity contribution in [3.63, 3.8) is 0 Å². The standard InChI is InChI=1S/C15H17N3O/c1-10-6-7-11(8-10)17-15(19)14-9-16-12-4-2-3-5-13(12)18-14/h2-5,9-11H,6-8H2,1H3,(H,17,19). The van der Waals surface area contributed by atoms with E-state index in [2.05, 4.69) is 22.2 Å². The van der Waals surface area contributed by atoms with Crippen molar-refractivity contribution in [3.8, 4) is 0 Å². The van der Waals surface area contributed by atoms with Crippen LogP contribution in [0.2, 0.25) is 0 Å². The molecular formula is C15H17N3O. The van der Waals surface area contributed by atoms with Gasteiger partial charge in [-0.3, -0.25) is 9.78 Å². The van der Waals surface area contributed by atoms with Gasteiger partial charge in [-0.25, -0.2) is 4.98 Å². The molecular weight excluding hydrogens is 238 g/mol. The fourth-order valence-electron chi connectivity index (χ4n) is 2.66. The fraction of sp³-hybridized carbons (Fsp3) is 0.400. The number of amides is 1. The Bertz CT molecular complexity index is 611. The Kier molecular flexibility index (Phi) is 3.15. The third-order valence-corrected chi connectivity index (χ3v) is 3.71. The van der Waals surface area contributed by atoms with Crippen molar-refractivity contribution in [2.45, 2.75) is 32.2 Å². The summed E-state index contributed by atoms with van der Waals surface area (Å²) in [5.41, 5.74) is 1.97. The predicted molar refractivity (Wildman–Crippen MR) is 73.8 cm³/mol. The second-order valence-corrected chi connectivity index (χ2v) is 5.33. The van der Waals surface area contributed by atoms with Gasteiger partial charge in [-0.2, -0.15) is 0 Å². The van der Waals surface area contributed by atoms with E-state index < -0.39 is 0 Å². The number of carbonyl (C=O) groups excluding carboxylic acids is 1. The molecule has 1 aromatic carbocycles. The summed E-state index contributed by atoms with van der Waals surface area (Å²) < 4.78 is 0. The van der Waals surface area contributed by atoms with Gasteiger partial charge in [-0.15, -0.1) is 0 Å². The summed E-state index contributed by atoms with van der Waals surface area (Å²) in [4.78, 5) is 20.8. The Morgan fingerprint density at radius 3 is 2.79 bits per heavy atom. The number of hydrogen-bond acceptors (Lipinski definition) is 3. The van der Waals surface area contributed by atoms with Crippen LogP contribution in [0.4, 0.5) is 0 Å². The molecule has 19 heavy (non-hydrogen) atoms. The molecule has 2 aromatic rings. The van der Waals surface area contributed by atoms with Crippen LogP contribution in [-0.2, 0) is 0 Å².